The summed E-state index contributed by atoms with van der Waals surface area (Å²) in [6.07, 6.45) is -1.81. The summed E-state index contributed by atoms with van der Waals surface area (Å²) < 4.78 is 44.9. The van der Waals surface area contributed by atoms with Crippen molar-refractivity contribution in [2.24, 2.45) is 17.8 Å². The molecule has 5 rings (SSSR count). The van der Waals surface area contributed by atoms with E-state index in [1.54, 1.807) is 6.07 Å². The van der Waals surface area contributed by atoms with Crippen LogP contribution in [-0.4, -0.2) is 12.0 Å². The molecular formula is C24H24F3NO2. The van der Waals surface area contributed by atoms with E-state index in [4.69, 9.17) is 4.74 Å². The van der Waals surface area contributed by atoms with Crippen LogP contribution in [0.2, 0.25) is 0 Å². The van der Waals surface area contributed by atoms with Gasteiger partial charge in [0.1, 0.15) is 11.9 Å². The minimum absolute atomic E-state index is 0.0155. The zero-order chi connectivity index (χ0) is 21.3. The first-order chi connectivity index (χ1) is 14.2. The molecule has 2 unspecified atom stereocenters. The van der Waals surface area contributed by atoms with Crippen molar-refractivity contribution in [3.63, 3.8) is 0 Å². The van der Waals surface area contributed by atoms with Crippen molar-refractivity contribution in [3.8, 4) is 5.75 Å². The van der Waals surface area contributed by atoms with Gasteiger partial charge in [-0.3, -0.25) is 4.79 Å². The third-order valence-corrected chi connectivity index (χ3v) is 7.42. The fourth-order valence-electron chi connectivity index (χ4n) is 5.56. The SMILES string of the molecule is Cc1ccc(NC(=O)[C@H](C)[C@H]2CC[C@@]34c5ccc(C(F)(F)F)cc5OC3C4C2)cc1. The van der Waals surface area contributed by atoms with E-state index in [2.05, 4.69) is 5.32 Å². The van der Waals surface area contributed by atoms with Crippen molar-refractivity contribution in [1.82, 2.24) is 0 Å². The van der Waals surface area contributed by atoms with Gasteiger partial charge in [-0.1, -0.05) is 30.7 Å². The van der Waals surface area contributed by atoms with E-state index in [0.29, 0.717) is 5.75 Å². The topological polar surface area (TPSA) is 38.3 Å². The molecule has 2 fully saturated rings. The number of rotatable bonds is 3. The van der Waals surface area contributed by atoms with Gasteiger partial charge in [0.2, 0.25) is 5.91 Å². The summed E-state index contributed by atoms with van der Waals surface area (Å²) in [4.78, 5) is 12.7. The Hall–Kier alpha value is -2.50. The fraction of sp³-hybridized carbons (Fsp3) is 0.458. The van der Waals surface area contributed by atoms with Crippen LogP contribution in [0.15, 0.2) is 42.5 Å². The molecular weight excluding hydrogens is 391 g/mol. The molecule has 1 aliphatic heterocycles. The van der Waals surface area contributed by atoms with Gasteiger partial charge >= 0.3 is 6.18 Å². The van der Waals surface area contributed by atoms with Crippen molar-refractivity contribution in [1.29, 1.82) is 0 Å². The molecule has 1 N–H and O–H groups in total. The number of amides is 1. The first-order valence-electron chi connectivity index (χ1n) is 10.5. The summed E-state index contributed by atoms with van der Waals surface area (Å²) in [7, 11) is 0. The van der Waals surface area contributed by atoms with E-state index < -0.39 is 11.7 Å². The third-order valence-electron chi connectivity index (χ3n) is 7.42. The predicted octanol–water partition coefficient (Wildman–Crippen LogP) is 5.72. The quantitative estimate of drug-likeness (QED) is 0.697. The second-order valence-corrected chi connectivity index (χ2v) is 9.07. The number of hydrogen-bond acceptors (Lipinski definition) is 2. The molecule has 2 aromatic rings. The van der Waals surface area contributed by atoms with Gasteiger partial charge in [-0.25, -0.2) is 0 Å². The standard InChI is InChI=1S/C24H24F3NO2/c1-13-3-6-17(7-4-13)28-22(29)14(2)15-9-10-23-18-8-5-16(24(25,26)27)12-20(18)30-21(23)19(23)11-15/h3-8,12,14-15,19,21H,9-11H2,1-2H3,(H,28,29)/t14-,15+,19?,21?,23+/m1/s1. The lowest BCUT2D eigenvalue weighted by Crippen LogP contribution is -2.31. The minimum atomic E-state index is -4.36. The third kappa shape index (κ3) is 2.91. The maximum absolute atomic E-state index is 13.0. The number of benzene rings is 2. The van der Waals surface area contributed by atoms with E-state index >= 15 is 0 Å². The molecule has 2 aliphatic carbocycles. The van der Waals surface area contributed by atoms with E-state index in [9.17, 15) is 18.0 Å². The average Bonchev–Trinajstić information content (AvgIpc) is 3.23. The Labute approximate surface area is 173 Å². The van der Waals surface area contributed by atoms with Gasteiger partial charge in [0, 0.05) is 28.5 Å². The highest BCUT2D eigenvalue weighted by molar-refractivity contribution is 5.92. The fourth-order valence-corrected chi connectivity index (χ4v) is 5.56. The Morgan fingerprint density at radius 3 is 2.63 bits per heavy atom. The minimum Gasteiger partial charge on any atom is -0.489 e. The normalized spacial score (nSPS) is 29.8. The van der Waals surface area contributed by atoms with Crippen LogP contribution in [-0.2, 0) is 16.4 Å². The lowest BCUT2D eigenvalue weighted by atomic mass is 9.73. The lowest BCUT2D eigenvalue weighted by Gasteiger charge is -2.31. The predicted molar refractivity (Wildman–Crippen MR) is 107 cm³/mol. The molecule has 1 heterocycles. The zero-order valence-corrected chi connectivity index (χ0v) is 16.9. The smallest absolute Gasteiger partial charge is 0.416 e. The van der Waals surface area contributed by atoms with Gasteiger partial charge in [0.25, 0.3) is 0 Å². The molecule has 5 atom stereocenters. The van der Waals surface area contributed by atoms with Gasteiger partial charge in [-0.05, 0) is 56.4 Å². The molecule has 0 radical (unpaired) electrons. The summed E-state index contributed by atoms with van der Waals surface area (Å²) in [6, 6.07) is 11.6. The number of anilines is 1. The molecule has 158 valence electrons. The van der Waals surface area contributed by atoms with Crippen LogP contribution in [0.5, 0.6) is 5.75 Å². The van der Waals surface area contributed by atoms with Gasteiger partial charge in [0.05, 0.1) is 5.56 Å². The first-order valence-corrected chi connectivity index (χ1v) is 10.5. The van der Waals surface area contributed by atoms with Crippen LogP contribution in [0.25, 0.3) is 0 Å². The molecule has 1 amide bonds. The van der Waals surface area contributed by atoms with Crippen molar-refractivity contribution in [2.75, 3.05) is 5.32 Å². The van der Waals surface area contributed by atoms with Crippen LogP contribution in [0.1, 0.15) is 42.9 Å². The number of nitrogens with one attached hydrogen (secondary N) is 1. The van der Waals surface area contributed by atoms with E-state index in [-0.39, 0.29) is 35.2 Å². The average molecular weight is 415 g/mol. The van der Waals surface area contributed by atoms with Crippen LogP contribution in [0.3, 0.4) is 0 Å². The number of carbonyl (C=O) groups is 1. The first kappa shape index (κ1) is 19.5. The molecule has 2 aromatic carbocycles. The maximum atomic E-state index is 13.0. The highest BCUT2D eigenvalue weighted by Crippen LogP contribution is 2.70. The van der Waals surface area contributed by atoms with Crippen LogP contribution in [0, 0.1) is 24.7 Å². The lowest BCUT2D eigenvalue weighted by molar-refractivity contribution is -0.137. The molecule has 3 aliphatic rings. The molecule has 2 saturated carbocycles. The Morgan fingerprint density at radius 2 is 1.93 bits per heavy atom. The number of aryl methyl sites for hydroxylation is 1. The van der Waals surface area contributed by atoms with Crippen LogP contribution in [0.4, 0.5) is 18.9 Å². The molecule has 30 heavy (non-hydrogen) atoms. The van der Waals surface area contributed by atoms with Crippen LogP contribution >= 0.6 is 0 Å². The zero-order valence-electron chi connectivity index (χ0n) is 16.9. The van der Waals surface area contributed by atoms with Crippen molar-refractivity contribution in [3.05, 3.63) is 59.2 Å². The Morgan fingerprint density at radius 1 is 1.20 bits per heavy atom. The van der Waals surface area contributed by atoms with Gasteiger partial charge in [-0.15, -0.1) is 0 Å². The summed E-state index contributed by atoms with van der Waals surface area (Å²) in [5.41, 5.74) is 2.04. The highest BCUT2D eigenvalue weighted by atomic mass is 19.4. The second-order valence-electron chi connectivity index (χ2n) is 9.07. The Kier molecular flexibility index (Phi) is 4.21. The number of carbonyl (C=O) groups excluding carboxylic acids is 1. The van der Waals surface area contributed by atoms with E-state index in [1.165, 1.54) is 6.07 Å². The summed E-state index contributed by atoms with van der Waals surface area (Å²) in [5.74, 6) is 0.807. The Bertz CT molecular complexity index is 1000. The second kappa shape index (κ2) is 6.50. The number of ether oxygens (including phenoxy) is 1. The van der Waals surface area contributed by atoms with Gasteiger partial charge in [-0.2, -0.15) is 13.2 Å². The van der Waals surface area contributed by atoms with Crippen molar-refractivity contribution < 1.29 is 22.7 Å². The largest absolute Gasteiger partial charge is 0.489 e. The number of halogens is 3. The van der Waals surface area contributed by atoms with Crippen LogP contribution < -0.4 is 10.1 Å². The number of alkyl halides is 3. The molecule has 1 spiro atoms. The van der Waals surface area contributed by atoms with Gasteiger partial charge < -0.3 is 10.1 Å². The molecule has 0 saturated heterocycles. The highest BCUT2D eigenvalue weighted by Gasteiger charge is 2.73. The summed E-state index contributed by atoms with van der Waals surface area (Å²) in [6.45, 7) is 3.97. The molecule has 6 heteroatoms. The van der Waals surface area contributed by atoms with Crippen molar-refractivity contribution in [2.45, 2.75) is 50.8 Å². The molecule has 3 nitrogen and oxygen atoms in total. The summed E-state index contributed by atoms with van der Waals surface area (Å²) >= 11 is 0. The van der Waals surface area contributed by atoms with E-state index in [1.807, 2.05) is 38.1 Å². The number of hydrogen-bond donors (Lipinski definition) is 1. The maximum Gasteiger partial charge on any atom is 0.416 e. The molecule has 0 bridgehead atoms. The van der Waals surface area contributed by atoms with Crippen molar-refractivity contribution >= 4 is 11.6 Å². The Balaban J connectivity index is 1.27. The number of fused-ring (bicyclic) bond motifs is 2. The molecule has 0 aromatic heterocycles. The monoisotopic (exact) mass is 415 g/mol. The summed E-state index contributed by atoms with van der Waals surface area (Å²) in [5, 5.41) is 3.00. The van der Waals surface area contributed by atoms with E-state index in [0.717, 1.165) is 42.1 Å². The van der Waals surface area contributed by atoms with Gasteiger partial charge in [0.15, 0.2) is 0 Å².